The number of hydrogen-bond acceptors (Lipinski definition) is 4. The van der Waals surface area contributed by atoms with Crippen molar-refractivity contribution in [2.75, 3.05) is 5.01 Å². The van der Waals surface area contributed by atoms with Gasteiger partial charge in [-0.15, -0.1) is 0 Å². The van der Waals surface area contributed by atoms with Crippen molar-refractivity contribution in [3.63, 3.8) is 0 Å². The standard InChI is InChI=1S/C15H12N6O/c16-21(8-22)13-3-1-2-11-14(13)20-15(19-11)9-4-5-10-12(6-9)18-7-17-10/h1-8H,16H2,(H,17,18)(H,19,20). The van der Waals surface area contributed by atoms with Gasteiger partial charge in [0.15, 0.2) is 0 Å². The summed E-state index contributed by atoms with van der Waals surface area (Å²) in [5.74, 6) is 6.37. The highest BCUT2D eigenvalue weighted by molar-refractivity contribution is 5.95. The van der Waals surface area contributed by atoms with E-state index in [1.807, 2.05) is 30.3 Å². The molecule has 2 aromatic heterocycles. The number of hydrogen-bond donors (Lipinski definition) is 3. The molecular weight excluding hydrogens is 280 g/mol. The summed E-state index contributed by atoms with van der Waals surface area (Å²) in [6, 6.07) is 11.3. The van der Waals surface area contributed by atoms with Crippen molar-refractivity contribution in [1.82, 2.24) is 19.9 Å². The van der Waals surface area contributed by atoms with E-state index in [9.17, 15) is 4.79 Å². The van der Waals surface area contributed by atoms with Crippen LogP contribution in [-0.4, -0.2) is 26.3 Å². The number of nitrogens with zero attached hydrogens (tertiary/aromatic N) is 3. The molecule has 0 unspecified atom stereocenters. The Bertz CT molecular complexity index is 986. The number of benzene rings is 2. The summed E-state index contributed by atoms with van der Waals surface area (Å²) in [7, 11) is 0. The van der Waals surface area contributed by atoms with E-state index in [1.165, 1.54) is 0 Å². The number of aromatic nitrogens is 4. The van der Waals surface area contributed by atoms with Crippen LogP contribution < -0.4 is 10.9 Å². The number of hydrazine groups is 1. The maximum atomic E-state index is 10.9. The minimum Gasteiger partial charge on any atom is -0.345 e. The maximum Gasteiger partial charge on any atom is 0.228 e. The molecule has 2 heterocycles. The number of rotatable bonds is 3. The lowest BCUT2D eigenvalue weighted by Gasteiger charge is -2.09. The number of para-hydroxylation sites is 1. The predicted molar refractivity (Wildman–Crippen MR) is 83.9 cm³/mol. The summed E-state index contributed by atoms with van der Waals surface area (Å²) in [5.41, 5.74) is 4.78. The van der Waals surface area contributed by atoms with E-state index in [1.54, 1.807) is 12.4 Å². The average Bonchev–Trinajstić information content (AvgIpc) is 3.18. The highest BCUT2D eigenvalue weighted by Crippen LogP contribution is 2.27. The number of imidazole rings is 2. The van der Waals surface area contributed by atoms with Crippen molar-refractivity contribution in [2.24, 2.45) is 5.84 Å². The van der Waals surface area contributed by atoms with Crippen LogP contribution >= 0.6 is 0 Å². The van der Waals surface area contributed by atoms with Crippen molar-refractivity contribution in [3.05, 3.63) is 42.7 Å². The molecule has 0 aliphatic carbocycles. The molecule has 0 bridgehead atoms. The van der Waals surface area contributed by atoms with Gasteiger partial charge in [0.2, 0.25) is 6.41 Å². The van der Waals surface area contributed by atoms with Crippen molar-refractivity contribution >= 4 is 34.2 Å². The quantitative estimate of drug-likeness (QED) is 0.232. The highest BCUT2D eigenvalue weighted by atomic mass is 16.1. The number of H-pyrrole nitrogens is 2. The molecule has 2 aromatic carbocycles. The zero-order valence-corrected chi connectivity index (χ0v) is 11.4. The average molecular weight is 292 g/mol. The molecule has 7 heteroatoms. The Morgan fingerprint density at radius 3 is 2.95 bits per heavy atom. The van der Waals surface area contributed by atoms with E-state index in [4.69, 9.17) is 5.84 Å². The number of carbonyl (C=O) groups excluding carboxylic acids is 1. The molecule has 0 aliphatic heterocycles. The van der Waals surface area contributed by atoms with Gasteiger partial charge >= 0.3 is 0 Å². The third-order valence-corrected chi connectivity index (χ3v) is 3.58. The van der Waals surface area contributed by atoms with E-state index >= 15 is 0 Å². The Balaban J connectivity index is 1.90. The van der Waals surface area contributed by atoms with Gasteiger partial charge in [0.05, 0.1) is 28.6 Å². The third kappa shape index (κ3) is 1.84. The summed E-state index contributed by atoms with van der Waals surface area (Å²) < 4.78 is 0. The van der Waals surface area contributed by atoms with Gasteiger partial charge in [-0.25, -0.2) is 20.8 Å². The van der Waals surface area contributed by atoms with E-state index in [0.29, 0.717) is 23.4 Å². The molecule has 4 N–H and O–H groups in total. The molecule has 22 heavy (non-hydrogen) atoms. The fraction of sp³-hybridized carbons (Fsp3) is 0. The van der Waals surface area contributed by atoms with E-state index < -0.39 is 0 Å². The highest BCUT2D eigenvalue weighted by Gasteiger charge is 2.12. The number of carbonyl (C=O) groups is 1. The molecule has 0 saturated carbocycles. The second kappa shape index (κ2) is 4.68. The minimum atomic E-state index is 0.553. The molecule has 0 fully saturated rings. The normalized spacial score (nSPS) is 11.1. The summed E-state index contributed by atoms with van der Waals surface area (Å²) in [6.07, 6.45) is 2.21. The van der Waals surface area contributed by atoms with Crippen LogP contribution in [0.2, 0.25) is 0 Å². The first kappa shape index (κ1) is 12.5. The summed E-state index contributed by atoms with van der Waals surface area (Å²) in [4.78, 5) is 26.0. The van der Waals surface area contributed by atoms with Crippen LogP contribution in [0.15, 0.2) is 42.7 Å². The van der Waals surface area contributed by atoms with Crippen molar-refractivity contribution in [2.45, 2.75) is 0 Å². The van der Waals surface area contributed by atoms with Gasteiger partial charge in [-0.2, -0.15) is 0 Å². The second-order valence-corrected chi connectivity index (χ2v) is 4.91. The molecule has 0 aliphatic rings. The van der Waals surface area contributed by atoms with Gasteiger partial charge in [0.1, 0.15) is 11.3 Å². The molecule has 0 saturated heterocycles. The molecule has 1 amide bonds. The second-order valence-electron chi connectivity index (χ2n) is 4.91. The van der Waals surface area contributed by atoms with Gasteiger partial charge < -0.3 is 9.97 Å². The van der Waals surface area contributed by atoms with Gasteiger partial charge in [-0.05, 0) is 30.3 Å². The number of amides is 1. The Hall–Kier alpha value is -3.19. The monoisotopic (exact) mass is 292 g/mol. The Morgan fingerprint density at radius 1 is 1.18 bits per heavy atom. The van der Waals surface area contributed by atoms with Gasteiger partial charge in [-0.1, -0.05) is 6.07 Å². The predicted octanol–water partition coefficient (Wildman–Crippen LogP) is 1.94. The lowest BCUT2D eigenvalue weighted by Crippen LogP contribution is -2.28. The van der Waals surface area contributed by atoms with E-state index in [-0.39, 0.29) is 0 Å². The summed E-state index contributed by atoms with van der Waals surface area (Å²) in [6.45, 7) is 0. The van der Waals surface area contributed by atoms with Crippen LogP contribution in [0.25, 0.3) is 33.5 Å². The first-order valence-corrected chi connectivity index (χ1v) is 6.68. The van der Waals surface area contributed by atoms with Crippen molar-refractivity contribution in [1.29, 1.82) is 0 Å². The number of nitrogens with one attached hydrogen (secondary N) is 2. The van der Waals surface area contributed by atoms with Crippen molar-refractivity contribution < 1.29 is 4.79 Å². The lowest BCUT2D eigenvalue weighted by atomic mass is 10.2. The number of nitrogens with two attached hydrogens (primary N) is 1. The zero-order valence-electron chi connectivity index (χ0n) is 11.4. The van der Waals surface area contributed by atoms with Crippen LogP contribution in [0.4, 0.5) is 5.69 Å². The third-order valence-electron chi connectivity index (χ3n) is 3.58. The summed E-state index contributed by atoms with van der Waals surface area (Å²) in [5, 5.41) is 1.02. The lowest BCUT2D eigenvalue weighted by molar-refractivity contribution is -0.107. The Kier molecular flexibility index (Phi) is 2.67. The van der Waals surface area contributed by atoms with Crippen LogP contribution in [0.1, 0.15) is 0 Å². The molecule has 4 aromatic rings. The van der Waals surface area contributed by atoms with Gasteiger partial charge in [-0.3, -0.25) is 4.79 Å². The molecule has 108 valence electrons. The molecule has 0 radical (unpaired) electrons. The Morgan fingerprint density at radius 2 is 2.09 bits per heavy atom. The van der Waals surface area contributed by atoms with Crippen LogP contribution in [-0.2, 0) is 4.79 Å². The molecule has 4 rings (SSSR count). The largest absolute Gasteiger partial charge is 0.345 e. The number of aromatic amines is 2. The first-order valence-electron chi connectivity index (χ1n) is 6.68. The molecule has 0 atom stereocenters. The number of anilines is 1. The van der Waals surface area contributed by atoms with Crippen molar-refractivity contribution in [3.8, 4) is 11.4 Å². The van der Waals surface area contributed by atoms with Crippen LogP contribution in [0.3, 0.4) is 0 Å². The summed E-state index contributed by atoms with van der Waals surface area (Å²) >= 11 is 0. The van der Waals surface area contributed by atoms with E-state index in [2.05, 4.69) is 19.9 Å². The first-order chi connectivity index (χ1) is 10.8. The van der Waals surface area contributed by atoms with E-state index in [0.717, 1.165) is 27.1 Å². The number of fused-ring (bicyclic) bond motifs is 2. The topological polar surface area (TPSA) is 104 Å². The maximum absolute atomic E-state index is 10.9. The van der Waals surface area contributed by atoms with Gasteiger partial charge in [0, 0.05) is 5.56 Å². The zero-order chi connectivity index (χ0) is 15.1. The SMILES string of the molecule is NN(C=O)c1cccc2[nH]c(-c3ccc4nc[nH]c4c3)nc12. The molecule has 7 nitrogen and oxygen atoms in total. The smallest absolute Gasteiger partial charge is 0.228 e. The van der Waals surface area contributed by atoms with Crippen LogP contribution in [0.5, 0.6) is 0 Å². The molecule has 0 spiro atoms. The molecular formula is C15H12N6O. The van der Waals surface area contributed by atoms with Gasteiger partial charge in [0.25, 0.3) is 0 Å². The van der Waals surface area contributed by atoms with Crippen LogP contribution in [0, 0.1) is 0 Å². The Labute approximate surface area is 124 Å². The minimum absolute atomic E-state index is 0.553. The fourth-order valence-electron chi connectivity index (χ4n) is 2.50. The fourth-order valence-corrected chi connectivity index (χ4v) is 2.50.